The lowest BCUT2D eigenvalue weighted by Gasteiger charge is -2.35. The standard InChI is InChI=1S/C14H17BrN2O2/c15-11-6-4-10(5-7-11)14(19)17-8-2-1-3-12(17)9-13(16)18/h4-7,12H,1-3,8-9H2,(H2,16,18)/t12-/m1/s1. The summed E-state index contributed by atoms with van der Waals surface area (Å²) >= 11 is 3.35. The predicted octanol–water partition coefficient (Wildman–Crippen LogP) is 2.32. The van der Waals surface area contributed by atoms with Crippen molar-refractivity contribution in [1.29, 1.82) is 0 Å². The van der Waals surface area contributed by atoms with Crippen LogP contribution >= 0.6 is 15.9 Å². The molecule has 0 aromatic heterocycles. The number of nitrogens with two attached hydrogens (primary N) is 1. The summed E-state index contributed by atoms with van der Waals surface area (Å²) in [5.74, 6) is -0.362. The smallest absolute Gasteiger partial charge is 0.254 e. The zero-order valence-corrected chi connectivity index (χ0v) is 12.2. The van der Waals surface area contributed by atoms with Crippen LogP contribution in [0, 0.1) is 0 Å². The normalized spacial score (nSPS) is 19.2. The van der Waals surface area contributed by atoms with Gasteiger partial charge in [0.1, 0.15) is 0 Å². The van der Waals surface area contributed by atoms with E-state index in [1.54, 1.807) is 17.0 Å². The summed E-state index contributed by atoms with van der Waals surface area (Å²) in [6, 6.07) is 7.23. The van der Waals surface area contributed by atoms with Crippen molar-refractivity contribution in [3.63, 3.8) is 0 Å². The molecule has 1 heterocycles. The maximum absolute atomic E-state index is 12.5. The third-order valence-corrected chi connectivity index (χ3v) is 3.94. The van der Waals surface area contributed by atoms with Crippen molar-refractivity contribution in [1.82, 2.24) is 4.90 Å². The fourth-order valence-electron chi connectivity index (χ4n) is 2.47. The molecule has 0 saturated carbocycles. The van der Waals surface area contributed by atoms with Gasteiger partial charge in [-0.15, -0.1) is 0 Å². The lowest BCUT2D eigenvalue weighted by atomic mass is 9.98. The van der Waals surface area contributed by atoms with Crippen LogP contribution in [0.5, 0.6) is 0 Å². The summed E-state index contributed by atoms with van der Waals surface area (Å²) in [6.07, 6.45) is 3.13. The Morgan fingerprint density at radius 1 is 1.26 bits per heavy atom. The van der Waals surface area contributed by atoms with Crippen LogP contribution in [0.2, 0.25) is 0 Å². The van der Waals surface area contributed by atoms with Gasteiger partial charge < -0.3 is 10.6 Å². The lowest BCUT2D eigenvalue weighted by Crippen LogP contribution is -2.45. The van der Waals surface area contributed by atoms with Crippen molar-refractivity contribution in [2.24, 2.45) is 5.73 Å². The van der Waals surface area contributed by atoms with Crippen LogP contribution in [0.25, 0.3) is 0 Å². The Balaban J connectivity index is 2.15. The number of benzene rings is 1. The summed E-state index contributed by atoms with van der Waals surface area (Å²) in [5.41, 5.74) is 5.91. The van der Waals surface area contributed by atoms with Gasteiger partial charge in [-0.3, -0.25) is 9.59 Å². The minimum Gasteiger partial charge on any atom is -0.370 e. The van der Waals surface area contributed by atoms with E-state index in [4.69, 9.17) is 5.73 Å². The van der Waals surface area contributed by atoms with Crippen LogP contribution in [0.15, 0.2) is 28.7 Å². The van der Waals surface area contributed by atoms with Crippen molar-refractivity contribution in [3.8, 4) is 0 Å². The molecule has 2 rings (SSSR count). The molecule has 1 aliphatic heterocycles. The highest BCUT2D eigenvalue weighted by Gasteiger charge is 2.28. The second-order valence-corrected chi connectivity index (χ2v) is 5.74. The Hall–Kier alpha value is -1.36. The maximum atomic E-state index is 12.5. The molecule has 1 aliphatic rings. The second-order valence-electron chi connectivity index (χ2n) is 4.83. The average molecular weight is 325 g/mol. The van der Waals surface area contributed by atoms with E-state index in [0.717, 1.165) is 23.7 Å². The maximum Gasteiger partial charge on any atom is 0.254 e. The van der Waals surface area contributed by atoms with E-state index in [1.807, 2.05) is 12.1 Å². The van der Waals surface area contributed by atoms with Gasteiger partial charge in [-0.1, -0.05) is 15.9 Å². The SMILES string of the molecule is NC(=O)C[C@H]1CCCCN1C(=O)c1ccc(Br)cc1. The molecule has 2 N–H and O–H groups in total. The van der Waals surface area contributed by atoms with Gasteiger partial charge in [0.25, 0.3) is 5.91 Å². The molecule has 0 unspecified atom stereocenters. The molecule has 4 nitrogen and oxygen atoms in total. The molecule has 2 amide bonds. The summed E-state index contributed by atoms with van der Waals surface area (Å²) in [5, 5.41) is 0. The summed E-state index contributed by atoms with van der Waals surface area (Å²) in [4.78, 5) is 25.3. The minimum atomic E-state index is -0.347. The highest BCUT2D eigenvalue weighted by atomic mass is 79.9. The average Bonchev–Trinajstić information content (AvgIpc) is 2.39. The number of halogens is 1. The van der Waals surface area contributed by atoms with E-state index >= 15 is 0 Å². The van der Waals surface area contributed by atoms with Crippen molar-refractivity contribution >= 4 is 27.7 Å². The molecule has 19 heavy (non-hydrogen) atoms. The third kappa shape index (κ3) is 3.56. The second kappa shape index (κ2) is 6.19. The number of likely N-dealkylation sites (tertiary alicyclic amines) is 1. The van der Waals surface area contributed by atoms with E-state index < -0.39 is 0 Å². The van der Waals surface area contributed by atoms with Gasteiger partial charge in [0.05, 0.1) is 0 Å². The topological polar surface area (TPSA) is 63.4 Å². The van der Waals surface area contributed by atoms with Crippen LogP contribution < -0.4 is 5.73 Å². The van der Waals surface area contributed by atoms with Crippen molar-refractivity contribution < 1.29 is 9.59 Å². The van der Waals surface area contributed by atoms with E-state index in [2.05, 4.69) is 15.9 Å². The summed E-state index contributed by atoms with van der Waals surface area (Å²) in [7, 11) is 0. The van der Waals surface area contributed by atoms with Gasteiger partial charge in [0.15, 0.2) is 0 Å². The third-order valence-electron chi connectivity index (χ3n) is 3.42. The van der Waals surface area contributed by atoms with Crippen LogP contribution in [0.3, 0.4) is 0 Å². The first-order chi connectivity index (χ1) is 9.08. The fourth-order valence-corrected chi connectivity index (χ4v) is 2.73. The fraction of sp³-hybridized carbons (Fsp3) is 0.429. The Labute approximate surface area is 121 Å². The molecule has 1 aromatic carbocycles. The molecule has 1 fully saturated rings. The molecule has 0 radical (unpaired) electrons. The van der Waals surface area contributed by atoms with Gasteiger partial charge >= 0.3 is 0 Å². The van der Waals surface area contributed by atoms with Crippen LogP contribution in [-0.2, 0) is 4.79 Å². The van der Waals surface area contributed by atoms with E-state index in [1.165, 1.54) is 0 Å². The van der Waals surface area contributed by atoms with Crippen LogP contribution in [-0.4, -0.2) is 29.3 Å². The summed E-state index contributed by atoms with van der Waals surface area (Å²) < 4.78 is 0.941. The molecular formula is C14H17BrN2O2. The molecule has 5 heteroatoms. The monoisotopic (exact) mass is 324 g/mol. The Morgan fingerprint density at radius 2 is 1.95 bits per heavy atom. The number of hydrogen-bond donors (Lipinski definition) is 1. The van der Waals surface area contributed by atoms with E-state index in [0.29, 0.717) is 12.1 Å². The number of amides is 2. The number of primary amides is 1. The van der Waals surface area contributed by atoms with Crippen molar-refractivity contribution in [3.05, 3.63) is 34.3 Å². The minimum absolute atomic E-state index is 0.0153. The number of carbonyl (C=O) groups excluding carboxylic acids is 2. The first-order valence-corrected chi connectivity index (χ1v) is 7.22. The van der Waals surface area contributed by atoms with Gasteiger partial charge in [0, 0.05) is 29.0 Å². The first-order valence-electron chi connectivity index (χ1n) is 6.43. The molecule has 102 valence electrons. The molecule has 0 spiro atoms. The van der Waals surface area contributed by atoms with Crippen LogP contribution in [0.1, 0.15) is 36.0 Å². The Morgan fingerprint density at radius 3 is 2.58 bits per heavy atom. The number of nitrogens with zero attached hydrogens (tertiary/aromatic N) is 1. The summed E-state index contributed by atoms with van der Waals surface area (Å²) in [6.45, 7) is 0.701. The van der Waals surface area contributed by atoms with E-state index in [9.17, 15) is 9.59 Å². The number of hydrogen-bond acceptors (Lipinski definition) is 2. The molecule has 1 aromatic rings. The van der Waals surface area contributed by atoms with Crippen molar-refractivity contribution in [2.75, 3.05) is 6.54 Å². The Kier molecular flexibility index (Phi) is 4.58. The molecule has 1 atom stereocenters. The highest BCUT2D eigenvalue weighted by Crippen LogP contribution is 2.22. The first kappa shape index (κ1) is 14.1. The predicted molar refractivity (Wildman–Crippen MR) is 76.6 cm³/mol. The number of carbonyl (C=O) groups is 2. The molecule has 1 saturated heterocycles. The van der Waals surface area contributed by atoms with Crippen molar-refractivity contribution in [2.45, 2.75) is 31.7 Å². The largest absolute Gasteiger partial charge is 0.370 e. The Bertz CT molecular complexity index is 473. The lowest BCUT2D eigenvalue weighted by molar-refractivity contribution is -0.119. The molecule has 0 bridgehead atoms. The number of piperidine rings is 1. The molecular weight excluding hydrogens is 308 g/mol. The zero-order valence-electron chi connectivity index (χ0n) is 10.6. The van der Waals surface area contributed by atoms with Gasteiger partial charge in [-0.05, 0) is 43.5 Å². The zero-order chi connectivity index (χ0) is 13.8. The highest BCUT2D eigenvalue weighted by molar-refractivity contribution is 9.10. The number of rotatable bonds is 3. The van der Waals surface area contributed by atoms with Gasteiger partial charge in [-0.2, -0.15) is 0 Å². The van der Waals surface area contributed by atoms with Gasteiger partial charge in [0.2, 0.25) is 5.91 Å². The van der Waals surface area contributed by atoms with Crippen LogP contribution in [0.4, 0.5) is 0 Å². The molecule has 0 aliphatic carbocycles. The van der Waals surface area contributed by atoms with Gasteiger partial charge in [-0.25, -0.2) is 0 Å². The quantitative estimate of drug-likeness (QED) is 0.927. The van der Waals surface area contributed by atoms with E-state index in [-0.39, 0.29) is 24.3 Å².